The highest BCUT2D eigenvalue weighted by molar-refractivity contribution is 9.11. The number of amides is 1. The van der Waals surface area contributed by atoms with E-state index in [1.54, 1.807) is 0 Å². The predicted molar refractivity (Wildman–Crippen MR) is 82.3 cm³/mol. The fourth-order valence-corrected chi connectivity index (χ4v) is 3.90. The molecule has 5 heteroatoms. The van der Waals surface area contributed by atoms with Crippen molar-refractivity contribution in [3.63, 3.8) is 0 Å². The van der Waals surface area contributed by atoms with Crippen molar-refractivity contribution < 1.29 is 4.79 Å². The molecule has 2 bridgehead atoms. The standard InChI is InChI=1S/C14H16Br2N2O/c15-8-1-4-13(16)12(5-8)14(19)18-11-6-9-2-3-10(7-11)17-9/h1,4-5,9-11,17H,2-3,6-7H2,(H,18,19). The number of halogens is 2. The molecule has 0 radical (unpaired) electrons. The van der Waals surface area contributed by atoms with Crippen molar-refractivity contribution in [1.82, 2.24) is 10.6 Å². The predicted octanol–water partition coefficient (Wildman–Crippen LogP) is 3.22. The van der Waals surface area contributed by atoms with Crippen LogP contribution in [0.5, 0.6) is 0 Å². The van der Waals surface area contributed by atoms with Crippen LogP contribution in [-0.2, 0) is 0 Å². The van der Waals surface area contributed by atoms with E-state index < -0.39 is 0 Å². The lowest BCUT2D eigenvalue weighted by molar-refractivity contribution is 0.0923. The zero-order chi connectivity index (χ0) is 13.4. The van der Waals surface area contributed by atoms with Crippen LogP contribution < -0.4 is 10.6 Å². The zero-order valence-corrected chi connectivity index (χ0v) is 13.6. The van der Waals surface area contributed by atoms with Gasteiger partial charge in [0.2, 0.25) is 0 Å². The Kier molecular flexibility index (Phi) is 3.96. The number of nitrogens with one attached hydrogen (secondary N) is 2. The van der Waals surface area contributed by atoms with Crippen molar-refractivity contribution in [3.05, 3.63) is 32.7 Å². The van der Waals surface area contributed by atoms with Gasteiger partial charge in [-0.2, -0.15) is 0 Å². The molecule has 19 heavy (non-hydrogen) atoms. The van der Waals surface area contributed by atoms with E-state index in [1.165, 1.54) is 12.8 Å². The van der Waals surface area contributed by atoms with E-state index in [4.69, 9.17) is 0 Å². The molecule has 2 aliphatic heterocycles. The second-order valence-electron chi connectivity index (χ2n) is 5.40. The number of hydrogen-bond donors (Lipinski definition) is 2. The Morgan fingerprint density at radius 1 is 1.21 bits per heavy atom. The van der Waals surface area contributed by atoms with Gasteiger partial charge in [-0.3, -0.25) is 4.79 Å². The van der Waals surface area contributed by atoms with Gasteiger partial charge in [-0.25, -0.2) is 0 Å². The van der Waals surface area contributed by atoms with Crippen LogP contribution in [0.4, 0.5) is 0 Å². The fraction of sp³-hybridized carbons (Fsp3) is 0.500. The first-order chi connectivity index (χ1) is 9.11. The molecule has 102 valence electrons. The van der Waals surface area contributed by atoms with Crippen molar-refractivity contribution >= 4 is 37.8 Å². The van der Waals surface area contributed by atoms with Crippen LogP contribution in [0.1, 0.15) is 36.0 Å². The summed E-state index contributed by atoms with van der Waals surface area (Å²) in [7, 11) is 0. The maximum atomic E-state index is 12.3. The van der Waals surface area contributed by atoms with Crippen molar-refractivity contribution in [1.29, 1.82) is 0 Å². The molecule has 3 nitrogen and oxygen atoms in total. The number of fused-ring (bicyclic) bond motifs is 2. The first-order valence-electron chi connectivity index (χ1n) is 6.64. The van der Waals surface area contributed by atoms with E-state index >= 15 is 0 Å². The van der Waals surface area contributed by atoms with Crippen molar-refractivity contribution in [2.45, 2.75) is 43.8 Å². The molecular formula is C14H16Br2N2O. The first-order valence-corrected chi connectivity index (χ1v) is 8.22. The third-order valence-electron chi connectivity index (χ3n) is 3.98. The van der Waals surface area contributed by atoms with Gasteiger partial charge in [-0.15, -0.1) is 0 Å². The molecule has 1 amide bonds. The van der Waals surface area contributed by atoms with Gasteiger partial charge in [0, 0.05) is 27.1 Å². The van der Waals surface area contributed by atoms with Gasteiger partial charge in [-0.05, 0) is 59.8 Å². The molecule has 2 heterocycles. The Balaban J connectivity index is 1.69. The maximum absolute atomic E-state index is 12.3. The second-order valence-corrected chi connectivity index (χ2v) is 7.17. The molecule has 2 aliphatic rings. The third kappa shape index (κ3) is 3.03. The molecule has 2 fully saturated rings. The van der Waals surface area contributed by atoms with Gasteiger partial charge >= 0.3 is 0 Å². The van der Waals surface area contributed by atoms with Gasteiger partial charge in [0.05, 0.1) is 5.56 Å². The Bertz CT molecular complexity index is 494. The highest BCUT2D eigenvalue weighted by Crippen LogP contribution is 2.27. The number of benzene rings is 1. The number of rotatable bonds is 2. The summed E-state index contributed by atoms with van der Waals surface area (Å²) in [5.41, 5.74) is 0.695. The minimum atomic E-state index is 0.0134. The lowest BCUT2D eigenvalue weighted by Crippen LogP contribution is -2.48. The summed E-state index contributed by atoms with van der Waals surface area (Å²) in [4.78, 5) is 12.3. The SMILES string of the molecule is O=C(NC1CC2CCC(C1)N2)c1cc(Br)ccc1Br. The maximum Gasteiger partial charge on any atom is 0.252 e. The van der Waals surface area contributed by atoms with E-state index in [0.29, 0.717) is 23.7 Å². The van der Waals surface area contributed by atoms with Gasteiger partial charge < -0.3 is 10.6 Å². The Labute approximate surface area is 129 Å². The van der Waals surface area contributed by atoms with Gasteiger partial charge in [0.25, 0.3) is 5.91 Å². The van der Waals surface area contributed by atoms with Crippen LogP contribution in [0.2, 0.25) is 0 Å². The lowest BCUT2D eigenvalue weighted by atomic mass is 9.99. The minimum Gasteiger partial charge on any atom is -0.349 e. The van der Waals surface area contributed by atoms with Crippen LogP contribution in [0, 0.1) is 0 Å². The average Bonchev–Trinajstić information content (AvgIpc) is 2.71. The molecule has 2 saturated heterocycles. The highest BCUT2D eigenvalue weighted by Gasteiger charge is 2.34. The van der Waals surface area contributed by atoms with Crippen molar-refractivity contribution in [2.24, 2.45) is 0 Å². The van der Waals surface area contributed by atoms with Crippen molar-refractivity contribution in [3.8, 4) is 0 Å². The van der Waals surface area contributed by atoms with E-state index in [1.807, 2.05) is 18.2 Å². The summed E-state index contributed by atoms with van der Waals surface area (Å²) < 4.78 is 1.76. The van der Waals surface area contributed by atoms with E-state index in [9.17, 15) is 4.79 Å². The summed E-state index contributed by atoms with van der Waals surface area (Å²) in [5.74, 6) is 0.0134. The van der Waals surface area contributed by atoms with Crippen LogP contribution >= 0.6 is 31.9 Å². The summed E-state index contributed by atoms with van der Waals surface area (Å²) in [6, 6.07) is 7.16. The largest absolute Gasteiger partial charge is 0.349 e. The first kappa shape index (κ1) is 13.6. The summed E-state index contributed by atoms with van der Waals surface area (Å²) in [6.45, 7) is 0. The lowest BCUT2D eigenvalue weighted by Gasteiger charge is -2.29. The van der Waals surface area contributed by atoms with Crippen molar-refractivity contribution in [2.75, 3.05) is 0 Å². The van der Waals surface area contributed by atoms with E-state index in [-0.39, 0.29) is 5.91 Å². The average molecular weight is 388 g/mol. The monoisotopic (exact) mass is 386 g/mol. The number of carbonyl (C=O) groups excluding carboxylic acids is 1. The van der Waals surface area contributed by atoms with E-state index in [2.05, 4.69) is 42.5 Å². The molecule has 0 spiro atoms. The molecule has 0 aliphatic carbocycles. The number of carbonyl (C=O) groups is 1. The molecular weight excluding hydrogens is 372 g/mol. The number of hydrogen-bond acceptors (Lipinski definition) is 2. The van der Waals surface area contributed by atoms with Gasteiger partial charge in [0.1, 0.15) is 0 Å². The van der Waals surface area contributed by atoms with Crippen LogP contribution in [0.25, 0.3) is 0 Å². The Morgan fingerprint density at radius 3 is 2.58 bits per heavy atom. The molecule has 0 aromatic heterocycles. The second kappa shape index (κ2) is 5.54. The number of piperidine rings is 1. The van der Waals surface area contributed by atoms with Gasteiger partial charge in [0.15, 0.2) is 0 Å². The molecule has 0 saturated carbocycles. The van der Waals surface area contributed by atoms with E-state index in [0.717, 1.165) is 21.8 Å². The third-order valence-corrected chi connectivity index (χ3v) is 5.17. The smallest absolute Gasteiger partial charge is 0.252 e. The Morgan fingerprint density at radius 2 is 1.89 bits per heavy atom. The molecule has 2 N–H and O–H groups in total. The summed E-state index contributed by atoms with van der Waals surface area (Å²) >= 11 is 6.85. The molecule has 3 rings (SSSR count). The normalized spacial score (nSPS) is 29.3. The molecule has 2 unspecified atom stereocenters. The van der Waals surface area contributed by atoms with Crippen LogP contribution in [-0.4, -0.2) is 24.0 Å². The topological polar surface area (TPSA) is 41.1 Å². The quantitative estimate of drug-likeness (QED) is 0.817. The fourth-order valence-electron chi connectivity index (χ4n) is 3.11. The summed E-state index contributed by atoms with van der Waals surface area (Å²) in [5, 5.41) is 6.76. The van der Waals surface area contributed by atoms with Crippen LogP contribution in [0.3, 0.4) is 0 Å². The highest BCUT2D eigenvalue weighted by atomic mass is 79.9. The molecule has 1 aromatic carbocycles. The van der Waals surface area contributed by atoms with Crippen LogP contribution in [0.15, 0.2) is 27.1 Å². The molecule has 2 atom stereocenters. The minimum absolute atomic E-state index is 0.0134. The van der Waals surface area contributed by atoms with Gasteiger partial charge in [-0.1, -0.05) is 15.9 Å². The summed E-state index contributed by atoms with van der Waals surface area (Å²) in [6.07, 6.45) is 4.59. The zero-order valence-electron chi connectivity index (χ0n) is 10.5. The molecule has 1 aromatic rings. The Hall–Kier alpha value is -0.390.